The molecule has 2 aromatic carbocycles. The van der Waals surface area contributed by atoms with Crippen LogP contribution in [0.25, 0.3) is 11.1 Å². The van der Waals surface area contributed by atoms with Crippen molar-refractivity contribution in [3.8, 4) is 11.1 Å². The Morgan fingerprint density at radius 3 is 2.41 bits per heavy atom. The smallest absolute Gasteiger partial charge is 0.325 e. The number of carbonyl (C=O) groups excluding carboxylic acids is 5. The van der Waals surface area contributed by atoms with E-state index in [0.29, 0.717) is 33.4 Å². The van der Waals surface area contributed by atoms with Crippen LogP contribution in [0.3, 0.4) is 0 Å². The first-order valence-corrected chi connectivity index (χ1v) is 14.5. The number of aliphatic hydroxyl groups excluding tert-OH is 2. The first-order chi connectivity index (χ1) is 20.6. The van der Waals surface area contributed by atoms with Gasteiger partial charge in [-0.3, -0.25) is 24.0 Å². The lowest BCUT2D eigenvalue weighted by molar-refractivity contribution is -0.159. The molecule has 0 aromatic heterocycles. The largest absolute Gasteiger partial charge is 0.511 e. The van der Waals surface area contributed by atoms with E-state index in [1.54, 1.807) is 58.0 Å². The molecular weight excluding hydrogens is 566 g/mol. The zero-order chi connectivity index (χ0) is 32.4. The van der Waals surface area contributed by atoms with Crippen molar-refractivity contribution in [1.29, 1.82) is 0 Å². The molecule has 0 saturated carbocycles. The molecule has 2 aromatic rings. The number of carbonyl (C=O) groups is 5. The SMILES string of the molecule is CCOC(=O)CNC(=O)c1cccc(-c2ccc(C)c3c2C[C@]2(C)C[C@]4(C)CC(O)=C(C(C)=O)C(=O)[C@]4(O)C(O)=C2C3=O)c1. The molecule has 44 heavy (non-hydrogen) atoms. The summed E-state index contributed by atoms with van der Waals surface area (Å²) >= 11 is 0. The summed E-state index contributed by atoms with van der Waals surface area (Å²) in [4.78, 5) is 64.6. The van der Waals surface area contributed by atoms with Crippen LogP contribution >= 0.6 is 0 Å². The fourth-order valence-corrected chi connectivity index (χ4v) is 7.41. The summed E-state index contributed by atoms with van der Waals surface area (Å²) in [6, 6.07) is 10.4. The second-order valence-electron chi connectivity index (χ2n) is 12.5. The summed E-state index contributed by atoms with van der Waals surface area (Å²) in [6.07, 6.45) is 0.0428. The molecule has 0 saturated heterocycles. The van der Waals surface area contributed by atoms with Gasteiger partial charge in [-0.05, 0) is 68.0 Å². The molecule has 4 N–H and O–H groups in total. The Bertz CT molecular complexity index is 1730. The second kappa shape index (κ2) is 10.6. The van der Waals surface area contributed by atoms with Gasteiger partial charge in [0.05, 0.1) is 6.61 Å². The van der Waals surface area contributed by atoms with E-state index in [0.717, 1.165) is 6.92 Å². The number of nitrogens with one attached hydrogen (secondary N) is 1. The molecule has 3 atom stereocenters. The maximum atomic E-state index is 14.3. The van der Waals surface area contributed by atoms with Crippen molar-refractivity contribution < 1.29 is 44.0 Å². The number of benzene rings is 2. The number of aliphatic hydroxyl groups is 3. The molecule has 0 aliphatic heterocycles. The second-order valence-corrected chi connectivity index (χ2v) is 12.5. The van der Waals surface area contributed by atoms with Crippen molar-refractivity contribution in [2.45, 2.75) is 59.5 Å². The lowest BCUT2D eigenvalue weighted by atomic mass is 9.48. The number of esters is 1. The van der Waals surface area contributed by atoms with Crippen LogP contribution in [0.2, 0.25) is 0 Å². The van der Waals surface area contributed by atoms with Crippen LogP contribution in [0.4, 0.5) is 0 Å². The minimum Gasteiger partial charge on any atom is -0.511 e. The maximum Gasteiger partial charge on any atom is 0.325 e. The zero-order valence-electron chi connectivity index (χ0n) is 25.3. The topological polar surface area (TPSA) is 167 Å². The maximum absolute atomic E-state index is 14.3. The van der Waals surface area contributed by atoms with Crippen LogP contribution in [0.1, 0.15) is 72.4 Å². The van der Waals surface area contributed by atoms with Gasteiger partial charge in [0.15, 0.2) is 17.2 Å². The average molecular weight is 602 g/mol. The summed E-state index contributed by atoms with van der Waals surface area (Å²) < 4.78 is 4.87. The summed E-state index contributed by atoms with van der Waals surface area (Å²) in [5.74, 6) is -4.68. The quantitative estimate of drug-likeness (QED) is 0.282. The number of amides is 1. The van der Waals surface area contributed by atoms with Gasteiger partial charge < -0.3 is 25.4 Å². The van der Waals surface area contributed by atoms with Gasteiger partial charge in [0.25, 0.3) is 5.91 Å². The van der Waals surface area contributed by atoms with Crippen LogP contribution in [-0.4, -0.2) is 63.3 Å². The number of Topliss-reactive ketones (excluding diaryl/α,β-unsaturated/α-hetero) is 3. The number of hydrogen-bond acceptors (Lipinski definition) is 9. The molecule has 1 amide bonds. The molecule has 0 bridgehead atoms. The lowest BCUT2D eigenvalue weighted by Gasteiger charge is -2.56. The molecule has 3 aliphatic carbocycles. The van der Waals surface area contributed by atoms with E-state index in [4.69, 9.17) is 4.74 Å². The van der Waals surface area contributed by atoms with Gasteiger partial charge in [-0.1, -0.05) is 38.1 Å². The molecule has 0 heterocycles. The first kappa shape index (κ1) is 30.9. The highest BCUT2D eigenvalue weighted by Gasteiger charge is 2.67. The van der Waals surface area contributed by atoms with E-state index >= 15 is 0 Å². The molecule has 3 aliphatic rings. The summed E-state index contributed by atoms with van der Waals surface area (Å²) in [5.41, 5.74) is -2.46. The third-order valence-electron chi connectivity index (χ3n) is 9.27. The minimum atomic E-state index is -2.57. The van der Waals surface area contributed by atoms with Gasteiger partial charge in [-0.15, -0.1) is 0 Å². The van der Waals surface area contributed by atoms with Crippen molar-refractivity contribution in [1.82, 2.24) is 5.32 Å². The molecule has 230 valence electrons. The number of ether oxygens (including phenoxy) is 1. The third kappa shape index (κ3) is 4.47. The Labute approximate surface area is 254 Å². The van der Waals surface area contributed by atoms with Crippen molar-refractivity contribution in [3.05, 3.63) is 81.3 Å². The fraction of sp³-hybridized carbons (Fsp3) is 0.382. The van der Waals surface area contributed by atoms with Gasteiger partial charge in [0.1, 0.15) is 23.6 Å². The molecule has 10 heteroatoms. The van der Waals surface area contributed by atoms with Crippen molar-refractivity contribution in [2.75, 3.05) is 13.2 Å². The molecule has 0 unspecified atom stereocenters. The van der Waals surface area contributed by atoms with Crippen molar-refractivity contribution >= 4 is 29.2 Å². The van der Waals surface area contributed by atoms with E-state index in [-0.39, 0.29) is 38.0 Å². The van der Waals surface area contributed by atoms with E-state index in [1.807, 2.05) is 6.07 Å². The zero-order valence-corrected chi connectivity index (χ0v) is 25.3. The standard InChI is InChI=1S/C34H35NO9/c1-6-44-24(38)15-35-31(42)20-9-7-8-19(12-20)21-11-10-17(2)25-22(21)13-32(4)16-33(5)14-23(37)26(18(3)36)29(40)34(33,43)30(41)27(32)28(25)39/h7-12,37,41,43H,6,13-16H2,1-5H3,(H,35,42)/t32-,33+,34+/m1/s1. The fourth-order valence-electron chi connectivity index (χ4n) is 7.41. The van der Waals surface area contributed by atoms with Gasteiger partial charge in [0, 0.05) is 34.0 Å². The van der Waals surface area contributed by atoms with Crippen LogP contribution in [0, 0.1) is 17.8 Å². The van der Waals surface area contributed by atoms with Crippen LogP contribution in [0.15, 0.2) is 59.1 Å². The Morgan fingerprint density at radius 2 is 1.75 bits per heavy atom. The van der Waals surface area contributed by atoms with Crippen LogP contribution in [-0.2, 0) is 25.5 Å². The molecule has 0 fully saturated rings. The molecule has 5 rings (SSSR count). The number of aryl methyl sites for hydroxylation is 1. The number of fused-ring (bicyclic) bond motifs is 3. The summed E-state index contributed by atoms with van der Waals surface area (Å²) in [5, 5.41) is 36.7. The average Bonchev–Trinajstić information content (AvgIpc) is 2.93. The van der Waals surface area contributed by atoms with Crippen LogP contribution in [0.5, 0.6) is 0 Å². The predicted molar refractivity (Wildman–Crippen MR) is 159 cm³/mol. The lowest BCUT2D eigenvalue weighted by Crippen LogP contribution is -2.63. The van der Waals surface area contributed by atoms with Crippen molar-refractivity contribution in [3.63, 3.8) is 0 Å². The molecule has 0 spiro atoms. The van der Waals surface area contributed by atoms with Gasteiger partial charge in [-0.2, -0.15) is 0 Å². The van der Waals surface area contributed by atoms with Gasteiger partial charge in [-0.25, -0.2) is 0 Å². The number of hydrogen-bond donors (Lipinski definition) is 4. The number of allylic oxidation sites excluding steroid dienone is 2. The normalized spacial score (nSPS) is 26.0. The minimum absolute atomic E-state index is 0.0474. The Hall–Kier alpha value is -4.57. The highest BCUT2D eigenvalue weighted by molar-refractivity contribution is 6.25. The Morgan fingerprint density at radius 1 is 1.05 bits per heavy atom. The third-order valence-corrected chi connectivity index (χ3v) is 9.27. The summed E-state index contributed by atoms with van der Waals surface area (Å²) in [7, 11) is 0. The van der Waals surface area contributed by atoms with E-state index < -0.39 is 62.7 Å². The molecular formula is C34H35NO9. The van der Waals surface area contributed by atoms with Gasteiger partial charge >= 0.3 is 5.97 Å². The predicted octanol–water partition coefficient (Wildman–Crippen LogP) is 4.03. The molecule has 10 nitrogen and oxygen atoms in total. The first-order valence-electron chi connectivity index (χ1n) is 14.5. The highest BCUT2D eigenvalue weighted by Crippen LogP contribution is 2.62. The van der Waals surface area contributed by atoms with E-state index in [9.17, 15) is 39.3 Å². The Kier molecular flexibility index (Phi) is 7.40. The van der Waals surface area contributed by atoms with Gasteiger partial charge in [0.2, 0.25) is 5.78 Å². The number of ketones is 3. The summed E-state index contributed by atoms with van der Waals surface area (Å²) in [6.45, 7) is 7.77. The molecule has 0 radical (unpaired) electrons. The van der Waals surface area contributed by atoms with E-state index in [1.165, 1.54) is 0 Å². The monoisotopic (exact) mass is 601 g/mol. The highest BCUT2D eigenvalue weighted by atomic mass is 16.5. The number of rotatable bonds is 6. The Balaban J connectivity index is 1.61. The van der Waals surface area contributed by atoms with Crippen LogP contribution < -0.4 is 5.32 Å². The van der Waals surface area contributed by atoms with E-state index in [2.05, 4.69) is 5.32 Å². The van der Waals surface area contributed by atoms with Crippen molar-refractivity contribution in [2.24, 2.45) is 10.8 Å².